The molecule has 0 amide bonds. The summed E-state index contributed by atoms with van der Waals surface area (Å²) in [5.74, 6) is 1.33. The Morgan fingerprint density at radius 1 is 1.00 bits per heavy atom. The van der Waals surface area contributed by atoms with Gasteiger partial charge in [-0.15, -0.1) is 0 Å². The Labute approximate surface area is 163 Å². The molecule has 140 valence electrons. The molecule has 0 unspecified atom stereocenters. The highest BCUT2D eigenvalue weighted by atomic mass is 16.5. The molecule has 28 heavy (non-hydrogen) atoms. The van der Waals surface area contributed by atoms with Gasteiger partial charge in [0, 0.05) is 54.2 Å². The fourth-order valence-corrected chi connectivity index (χ4v) is 2.98. The summed E-state index contributed by atoms with van der Waals surface area (Å²) in [6.07, 6.45) is 5.25. The molecule has 0 bridgehead atoms. The van der Waals surface area contributed by atoms with Gasteiger partial charge in [-0.25, -0.2) is 9.97 Å². The number of hydrogen-bond acceptors (Lipinski definition) is 7. The Morgan fingerprint density at radius 2 is 1.89 bits per heavy atom. The molecule has 0 aromatic carbocycles. The molecule has 7 nitrogen and oxygen atoms in total. The SMILES string of the molecule is Cc1ccc(-c2ccnc(N(C)Cc3cc(-c4cccnc4)no3)n2)c(C)n1. The zero-order valence-electron chi connectivity index (χ0n) is 16.0. The van der Waals surface area contributed by atoms with Crippen molar-refractivity contribution in [3.63, 3.8) is 0 Å². The third-order valence-electron chi connectivity index (χ3n) is 4.39. The maximum atomic E-state index is 5.47. The second-order valence-electron chi connectivity index (χ2n) is 6.60. The highest BCUT2D eigenvalue weighted by molar-refractivity contribution is 5.62. The summed E-state index contributed by atoms with van der Waals surface area (Å²) >= 11 is 0. The van der Waals surface area contributed by atoms with Crippen molar-refractivity contribution in [3.05, 3.63) is 72.1 Å². The van der Waals surface area contributed by atoms with Crippen LogP contribution in [0.5, 0.6) is 0 Å². The van der Waals surface area contributed by atoms with Crippen molar-refractivity contribution >= 4 is 5.95 Å². The normalized spacial score (nSPS) is 10.8. The van der Waals surface area contributed by atoms with Crippen LogP contribution in [0.3, 0.4) is 0 Å². The summed E-state index contributed by atoms with van der Waals surface area (Å²) in [6.45, 7) is 4.47. The van der Waals surface area contributed by atoms with Crippen LogP contribution in [0.2, 0.25) is 0 Å². The average Bonchev–Trinajstić information content (AvgIpc) is 3.17. The number of nitrogens with zero attached hydrogens (tertiary/aromatic N) is 6. The first-order chi connectivity index (χ1) is 13.6. The largest absolute Gasteiger partial charge is 0.359 e. The maximum absolute atomic E-state index is 5.47. The Hall–Kier alpha value is -3.61. The van der Waals surface area contributed by atoms with Crippen molar-refractivity contribution in [1.82, 2.24) is 25.1 Å². The van der Waals surface area contributed by atoms with Crippen molar-refractivity contribution in [2.75, 3.05) is 11.9 Å². The van der Waals surface area contributed by atoms with Crippen molar-refractivity contribution in [2.24, 2.45) is 0 Å². The predicted octanol–water partition coefficient (Wildman–Crippen LogP) is 3.84. The molecule has 0 fully saturated rings. The third-order valence-corrected chi connectivity index (χ3v) is 4.39. The topological polar surface area (TPSA) is 80.8 Å². The summed E-state index contributed by atoms with van der Waals surface area (Å²) in [5.41, 5.74) is 5.45. The molecule has 0 saturated heterocycles. The van der Waals surface area contributed by atoms with Crippen molar-refractivity contribution in [3.8, 4) is 22.5 Å². The molecular weight excluding hydrogens is 352 g/mol. The molecule has 0 aliphatic carbocycles. The van der Waals surface area contributed by atoms with E-state index in [1.54, 1.807) is 18.6 Å². The Kier molecular flexibility index (Phi) is 4.80. The summed E-state index contributed by atoms with van der Waals surface area (Å²) < 4.78 is 5.47. The van der Waals surface area contributed by atoms with Crippen LogP contribution in [-0.4, -0.2) is 32.1 Å². The minimum absolute atomic E-state index is 0.502. The molecule has 0 atom stereocenters. The lowest BCUT2D eigenvalue weighted by molar-refractivity contribution is 0.384. The van der Waals surface area contributed by atoms with Crippen molar-refractivity contribution in [1.29, 1.82) is 0 Å². The minimum Gasteiger partial charge on any atom is -0.359 e. The number of aromatic nitrogens is 5. The fourth-order valence-electron chi connectivity index (χ4n) is 2.98. The van der Waals surface area contributed by atoms with Gasteiger partial charge in [0.15, 0.2) is 5.76 Å². The molecule has 4 heterocycles. The van der Waals surface area contributed by atoms with Gasteiger partial charge in [0.05, 0.1) is 12.2 Å². The van der Waals surface area contributed by atoms with Crippen LogP contribution >= 0.6 is 0 Å². The van der Waals surface area contributed by atoms with Crippen molar-refractivity contribution in [2.45, 2.75) is 20.4 Å². The Morgan fingerprint density at radius 3 is 2.68 bits per heavy atom. The van der Waals surface area contributed by atoms with Gasteiger partial charge in [0.25, 0.3) is 0 Å². The minimum atomic E-state index is 0.502. The summed E-state index contributed by atoms with van der Waals surface area (Å²) in [5, 5.41) is 4.13. The van der Waals surface area contributed by atoms with Crippen LogP contribution < -0.4 is 4.90 Å². The number of pyridine rings is 2. The van der Waals surface area contributed by atoms with Gasteiger partial charge in [-0.1, -0.05) is 5.16 Å². The van der Waals surface area contributed by atoms with Crippen molar-refractivity contribution < 1.29 is 4.52 Å². The molecular formula is C21H20N6O. The molecule has 4 aromatic rings. The van der Waals surface area contributed by atoms with E-state index in [1.807, 2.05) is 62.2 Å². The van der Waals surface area contributed by atoms with Gasteiger partial charge in [-0.3, -0.25) is 9.97 Å². The average molecular weight is 372 g/mol. The number of rotatable bonds is 5. The van der Waals surface area contributed by atoms with Gasteiger partial charge in [-0.05, 0) is 44.2 Å². The Balaban J connectivity index is 1.54. The second kappa shape index (κ2) is 7.56. The van der Waals surface area contributed by atoms with Gasteiger partial charge < -0.3 is 9.42 Å². The van der Waals surface area contributed by atoms with E-state index in [1.165, 1.54) is 0 Å². The molecule has 4 aromatic heterocycles. The second-order valence-corrected chi connectivity index (χ2v) is 6.60. The lowest BCUT2D eigenvalue weighted by Crippen LogP contribution is -2.18. The van der Waals surface area contributed by atoms with Crippen LogP contribution in [0.4, 0.5) is 5.95 Å². The number of aryl methyl sites for hydroxylation is 2. The van der Waals surface area contributed by atoms with Crippen LogP contribution in [0.15, 0.2) is 59.5 Å². The monoisotopic (exact) mass is 372 g/mol. The van der Waals surface area contributed by atoms with Crippen LogP contribution in [0, 0.1) is 13.8 Å². The van der Waals surface area contributed by atoms with E-state index in [-0.39, 0.29) is 0 Å². The summed E-state index contributed by atoms with van der Waals surface area (Å²) in [4.78, 5) is 19.7. The van der Waals surface area contributed by atoms with Gasteiger partial charge >= 0.3 is 0 Å². The smallest absolute Gasteiger partial charge is 0.226 e. The molecule has 4 rings (SSSR count). The van der Waals surface area contributed by atoms with Gasteiger partial charge in [0.2, 0.25) is 5.95 Å². The van der Waals surface area contributed by atoms with E-state index in [0.717, 1.165) is 39.7 Å². The Bertz CT molecular complexity index is 1090. The van der Waals surface area contributed by atoms with Crippen LogP contribution in [0.1, 0.15) is 17.1 Å². The fraction of sp³-hybridized carbons (Fsp3) is 0.190. The highest BCUT2D eigenvalue weighted by Crippen LogP contribution is 2.23. The highest BCUT2D eigenvalue weighted by Gasteiger charge is 2.13. The molecule has 0 radical (unpaired) electrons. The lowest BCUT2D eigenvalue weighted by atomic mass is 10.1. The standard InChI is InChI=1S/C21H20N6O/c1-14-6-7-18(15(2)24-14)19-8-10-23-21(25-19)27(3)13-17-11-20(26-28-17)16-5-4-9-22-12-16/h4-12H,13H2,1-3H3. The summed E-state index contributed by atoms with van der Waals surface area (Å²) in [6, 6.07) is 11.7. The number of hydrogen-bond donors (Lipinski definition) is 0. The first-order valence-electron chi connectivity index (χ1n) is 8.95. The van der Waals surface area contributed by atoms with E-state index in [0.29, 0.717) is 12.5 Å². The zero-order valence-corrected chi connectivity index (χ0v) is 16.0. The maximum Gasteiger partial charge on any atom is 0.226 e. The van der Waals surface area contributed by atoms with Crippen LogP contribution in [-0.2, 0) is 6.54 Å². The summed E-state index contributed by atoms with van der Waals surface area (Å²) in [7, 11) is 1.92. The first-order valence-corrected chi connectivity index (χ1v) is 8.95. The number of anilines is 1. The molecule has 0 spiro atoms. The lowest BCUT2D eigenvalue weighted by Gasteiger charge is -2.16. The van der Waals surface area contributed by atoms with E-state index >= 15 is 0 Å². The van der Waals surface area contributed by atoms with E-state index in [4.69, 9.17) is 9.51 Å². The molecule has 0 aliphatic heterocycles. The van der Waals surface area contributed by atoms with E-state index in [9.17, 15) is 0 Å². The molecule has 0 N–H and O–H groups in total. The third kappa shape index (κ3) is 3.73. The predicted molar refractivity (Wildman–Crippen MR) is 107 cm³/mol. The zero-order chi connectivity index (χ0) is 19.5. The molecule has 7 heteroatoms. The first kappa shape index (κ1) is 17.8. The van der Waals surface area contributed by atoms with E-state index in [2.05, 4.69) is 20.1 Å². The van der Waals surface area contributed by atoms with Crippen LogP contribution in [0.25, 0.3) is 22.5 Å². The van der Waals surface area contributed by atoms with E-state index < -0.39 is 0 Å². The molecule has 0 aliphatic rings. The van der Waals surface area contributed by atoms with Gasteiger partial charge in [-0.2, -0.15) is 0 Å². The molecule has 0 saturated carbocycles. The quantitative estimate of drug-likeness (QED) is 0.526. The van der Waals surface area contributed by atoms with Gasteiger partial charge in [0.1, 0.15) is 5.69 Å².